The lowest BCUT2D eigenvalue weighted by Gasteiger charge is -2.40. The summed E-state index contributed by atoms with van der Waals surface area (Å²) in [4.78, 5) is 11.8. The van der Waals surface area contributed by atoms with Crippen LogP contribution in [0.3, 0.4) is 0 Å². The number of nitrogens with one attached hydrogen (secondary N) is 1. The Kier molecular flexibility index (Phi) is 3.53. The number of carbonyl (C=O) groups excluding carboxylic acids is 1. The fraction of sp³-hybridized carbons (Fsp3) is 0.923. The highest BCUT2D eigenvalue weighted by molar-refractivity contribution is 5.74. The molecule has 1 saturated heterocycles. The largest absolute Gasteiger partial charge is 0.469 e. The Morgan fingerprint density at radius 3 is 3.06 bits per heavy atom. The molecule has 1 heterocycles. The zero-order valence-corrected chi connectivity index (χ0v) is 10.4. The molecule has 0 aromatic carbocycles. The van der Waals surface area contributed by atoms with Crippen molar-refractivity contribution in [3.05, 3.63) is 0 Å². The first kappa shape index (κ1) is 11.9. The van der Waals surface area contributed by atoms with Gasteiger partial charge in [0.1, 0.15) is 0 Å². The molecule has 92 valence electrons. The van der Waals surface area contributed by atoms with Gasteiger partial charge in [0.25, 0.3) is 0 Å². The minimum Gasteiger partial charge on any atom is -0.469 e. The summed E-state index contributed by atoms with van der Waals surface area (Å²) in [6.07, 6.45) is 6.25. The maximum atomic E-state index is 11.8. The van der Waals surface area contributed by atoms with Gasteiger partial charge in [0, 0.05) is 13.1 Å². The zero-order chi connectivity index (χ0) is 11.6. The van der Waals surface area contributed by atoms with Crippen LogP contribution in [0.2, 0.25) is 0 Å². The molecule has 0 bridgehead atoms. The third-order valence-electron chi connectivity index (χ3n) is 4.61. The number of hydrogen-bond donors (Lipinski definition) is 1. The van der Waals surface area contributed by atoms with Gasteiger partial charge in [-0.05, 0) is 24.2 Å². The lowest BCUT2D eigenvalue weighted by Crippen LogP contribution is -2.39. The van der Waals surface area contributed by atoms with E-state index in [1.165, 1.54) is 39.2 Å². The second kappa shape index (κ2) is 4.74. The number of rotatable bonds is 2. The zero-order valence-electron chi connectivity index (χ0n) is 10.4. The van der Waals surface area contributed by atoms with Crippen molar-refractivity contribution in [3.8, 4) is 0 Å². The molecule has 3 heteroatoms. The van der Waals surface area contributed by atoms with Crippen molar-refractivity contribution in [1.82, 2.24) is 5.32 Å². The number of ether oxygens (including phenoxy) is 1. The molecule has 16 heavy (non-hydrogen) atoms. The minimum atomic E-state index is -0.0123. The summed E-state index contributed by atoms with van der Waals surface area (Å²) in [7, 11) is 1.51. The van der Waals surface area contributed by atoms with Gasteiger partial charge >= 0.3 is 5.97 Å². The highest BCUT2D eigenvalue weighted by atomic mass is 16.5. The van der Waals surface area contributed by atoms with Crippen LogP contribution >= 0.6 is 0 Å². The van der Waals surface area contributed by atoms with E-state index in [1.807, 2.05) is 0 Å². The van der Waals surface area contributed by atoms with Crippen molar-refractivity contribution < 1.29 is 9.53 Å². The fourth-order valence-corrected chi connectivity index (χ4v) is 3.63. The number of hydrogen-bond acceptors (Lipinski definition) is 3. The van der Waals surface area contributed by atoms with Gasteiger partial charge in [-0.15, -0.1) is 0 Å². The van der Waals surface area contributed by atoms with Crippen molar-refractivity contribution in [2.75, 3.05) is 20.2 Å². The summed E-state index contributed by atoms with van der Waals surface area (Å²) in [5, 5.41) is 3.39. The molecule has 1 saturated carbocycles. The van der Waals surface area contributed by atoms with Crippen molar-refractivity contribution in [2.45, 2.75) is 39.0 Å². The van der Waals surface area contributed by atoms with Gasteiger partial charge in [0.15, 0.2) is 0 Å². The lowest BCUT2D eigenvalue weighted by atomic mass is 9.64. The van der Waals surface area contributed by atoms with Gasteiger partial charge in [0.05, 0.1) is 13.0 Å². The maximum absolute atomic E-state index is 11.8. The topological polar surface area (TPSA) is 38.3 Å². The predicted molar refractivity (Wildman–Crippen MR) is 63.1 cm³/mol. The van der Waals surface area contributed by atoms with Crippen LogP contribution in [0.4, 0.5) is 0 Å². The van der Waals surface area contributed by atoms with Gasteiger partial charge in [-0.3, -0.25) is 4.79 Å². The molecule has 3 atom stereocenters. The van der Waals surface area contributed by atoms with E-state index in [0.717, 1.165) is 19.0 Å². The van der Waals surface area contributed by atoms with E-state index in [4.69, 9.17) is 4.74 Å². The third kappa shape index (κ3) is 1.97. The van der Waals surface area contributed by atoms with E-state index in [-0.39, 0.29) is 17.3 Å². The molecule has 2 fully saturated rings. The quantitative estimate of drug-likeness (QED) is 0.730. The highest BCUT2D eigenvalue weighted by Gasteiger charge is 2.49. The molecular formula is C13H23NO2. The minimum absolute atomic E-state index is 0.0123. The molecule has 0 radical (unpaired) electrons. The second-order valence-corrected chi connectivity index (χ2v) is 5.44. The summed E-state index contributed by atoms with van der Waals surface area (Å²) < 4.78 is 4.95. The molecule has 0 amide bonds. The normalized spacial score (nSPS) is 38.9. The smallest absolute Gasteiger partial charge is 0.310 e. The molecule has 2 rings (SSSR count). The molecule has 1 aliphatic carbocycles. The molecular weight excluding hydrogens is 202 g/mol. The van der Waals surface area contributed by atoms with Gasteiger partial charge in [-0.2, -0.15) is 0 Å². The standard InChI is InChI=1S/C13H23NO2/c1-3-10-5-4-6-13(7-10)9-14-8-11(13)12(15)16-2/h10-11,14H,3-9H2,1-2H3. The summed E-state index contributed by atoms with van der Waals surface area (Å²) in [6, 6.07) is 0. The Balaban J connectivity index is 2.12. The van der Waals surface area contributed by atoms with Crippen LogP contribution in [-0.2, 0) is 9.53 Å². The van der Waals surface area contributed by atoms with E-state index in [0.29, 0.717) is 0 Å². The third-order valence-corrected chi connectivity index (χ3v) is 4.61. The summed E-state index contributed by atoms with van der Waals surface area (Å²) in [5.41, 5.74) is 0.200. The summed E-state index contributed by atoms with van der Waals surface area (Å²) in [6.45, 7) is 4.07. The van der Waals surface area contributed by atoms with Crippen molar-refractivity contribution >= 4 is 5.97 Å². The highest BCUT2D eigenvalue weighted by Crippen LogP contribution is 2.47. The molecule has 0 aromatic rings. The van der Waals surface area contributed by atoms with Gasteiger partial charge < -0.3 is 10.1 Å². The first-order valence-corrected chi connectivity index (χ1v) is 6.50. The van der Waals surface area contributed by atoms with E-state index in [9.17, 15) is 4.79 Å². The Morgan fingerprint density at radius 2 is 2.38 bits per heavy atom. The molecule has 1 aliphatic heterocycles. The van der Waals surface area contributed by atoms with E-state index in [2.05, 4.69) is 12.2 Å². The fourth-order valence-electron chi connectivity index (χ4n) is 3.63. The number of carbonyl (C=O) groups is 1. The van der Waals surface area contributed by atoms with Crippen molar-refractivity contribution in [1.29, 1.82) is 0 Å². The Morgan fingerprint density at radius 1 is 1.56 bits per heavy atom. The molecule has 3 unspecified atom stereocenters. The predicted octanol–water partition coefficient (Wildman–Crippen LogP) is 1.97. The van der Waals surface area contributed by atoms with E-state index in [1.54, 1.807) is 0 Å². The van der Waals surface area contributed by atoms with Gasteiger partial charge in [0.2, 0.25) is 0 Å². The Hall–Kier alpha value is -0.570. The van der Waals surface area contributed by atoms with Crippen LogP contribution in [0.15, 0.2) is 0 Å². The first-order chi connectivity index (χ1) is 7.72. The first-order valence-electron chi connectivity index (χ1n) is 6.50. The average Bonchev–Trinajstić information content (AvgIpc) is 2.71. The monoisotopic (exact) mass is 225 g/mol. The molecule has 0 aromatic heterocycles. The Labute approximate surface area is 97.9 Å². The van der Waals surface area contributed by atoms with Gasteiger partial charge in [-0.1, -0.05) is 26.2 Å². The molecule has 2 aliphatic rings. The van der Waals surface area contributed by atoms with Crippen LogP contribution in [-0.4, -0.2) is 26.2 Å². The lowest BCUT2D eigenvalue weighted by molar-refractivity contribution is -0.149. The molecule has 3 nitrogen and oxygen atoms in total. The SMILES string of the molecule is CCC1CCCC2(CNCC2C(=O)OC)C1. The van der Waals surface area contributed by atoms with Crippen LogP contribution < -0.4 is 5.32 Å². The van der Waals surface area contributed by atoms with E-state index < -0.39 is 0 Å². The maximum Gasteiger partial charge on any atom is 0.310 e. The van der Waals surface area contributed by atoms with Crippen LogP contribution in [0.1, 0.15) is 39.0 Å². The van der Waals surface area contributed by atoms with Crippen molar-refractivity contribution in [2.24, 2.45) is 17.3 Å². The van der Waals surface area contributed by atoms with Crippen molar-refractivity contribution in [3.63, 3.8) is 0 Å². The van der Waals surface area contributed by atoms with Crippen LogP contribution in [0.5, 0.6) is 0 Å². The summed E-state index contributed by atoms with van der Waals surface area (Å²) in [5.74, 6) is 0.884. The summed E-state index contributed by atoms with van der Waals surface area (Å²) >= 11 is 0. The molecule has 1 N–H and O–H groups in total. The second-order valence-electron chi connectivity index (χ2n) is 5.44. The van der Waals surface area contributed by atoms with Crippen LogP contribution in [0.25, 0.3) is 0 Å². The average molecular weight is 225 g/mol. The van der Waals surface area contributed by atoms with Gasteiger partial charge in [-0.25, -0.2) is 0 Å². The number of methoxy groups -OCH3 is 1. The number of esters is 1. The molecule has 1 spiro atoms. The Bertz CT molecular complexity index is 267. The van der Waals surface area contributed by atoms with E-state index >= 15 is 0 Å². The van der Waals surface area contributed by atoms with Crippen LogP contribution in [0, 0.1) is 17.3 Å².